The van der Waals surface area contributed by atoms with E-state index in [2.05, 4.69) is 13.8 Å². The Balaban J connectivity index is 0. The van der Waals surface area contributed by atoms with Gasteiger partial charge >= 0.3 is 11.9 Å². The van der Waals surface area contributed by atoms with Gasteiger partial charge in [0.2, 0.25) is 0 Å². The Bertz CT molecular complexity index is 602. The summed E-state index contributed by atoms with van der Waals surface area (Å²) in [5.74, 6) is -0.420. The van der Waals surface area contributed by atoms with Gasteiger partial charge in [0.15, 0.2) is 6.10 Å². The molecule has 0 amide bonds. The third kappa shape index (κ3) is 30.6. The highest BCUT2D eigenvalue weighted by atomic mass is 35.5. The third-order valence-electron chi connectivity index (χ3n) is 8.10. The molecule has 0 aromatic heterocycles. The maximum Gasteiger partial charge on any atom is 0.306 e. The average Bonchev–Trinajstić information content (AvgIpc) is 2.93. The molecule has 0 saturated heterocycles. The second kappa shape index (κ2) is 31.6. The molecule has 7 heteroatoms. The maximum absolute atomic E-state index is 12.6. The van der Waals surface area contributed by atoms with Gasteiger partial charge in [-0.2, -0.15) is 0 Å². The van der Waals surface area contributed by atoms with Gasteiger partial charge < -0.3 is 31.5 Å². The number of carbonyl (C=O) groups excluding carboxylic acids is 2. The highest BCUT2D eigenvalue weighted by Crippen LogP contribution is 2.14. The number of quaternary nitrogens is 1. The molecule has 0 spiro atoms. The van der Waals surface area contributed by atoms with Crippen LogP contribution in [0, 0.1) is 0 Å². The highest BCUT2D eigenvalue weighted by molar-refractivity contribution is 5.70. The molecular formula is C35H70ClNO5. The topological polar surface area (TPSA) is 72.8 Å². The number of halogens is 1. The predicted octanol–water partition coefficient (Wildman–Crippen LogP) is 5.92. The van der Waals surface area contributed by atoms with Gasteiger partial charge in [-0.25, -0.2) is 0 Å². The van der Waals surface area contributed by atoms with Crippen molar-refractivity contribution >= 4 is 11.9 Å². The summed E-state index contributed by atoms with van der Waals surface area (Å²) in [7, 11) is 3.99. The van der Waals surface area contributed by atoms with Gasteiger partial charge in [0.05, 0.1) is 20.7 Å². The Hall–Kier alpha value is -0.850. The molecule has 0 bridgehead atoms. The standard InChI is InChI=1S/C35H70NO5.ClH/c1-5-7-9-11-13-15-17-19-21-23-25-27-34(38)40-32-33(31-36(3,4)29-30-37)41-35(39)28-26-24-22-20-18-16-14-12-10-8-6-2;/h33,37H,5-32H2,1-4H3;1H/q+1;/p-1. The molecule has 0 aliphatic rings. The van der Waals surface area contributed by atoms with Crippen molar-refractivity contribution in [3.05, 3.63) is 0 Å². The summed E-state index contributed by atoms with van der Waals surface area (Å²) in [5, 5.41) is 9.41. The van der Waals surface area contributed by atoms with Crippen LogP contribution in [0.15, 0.2) is 0 Å². The van der Waals surface area contributed by atoms with Crippen molar-refractivity contribution in [3.63, 3.8) is 0 Å². The van der Waals surface area contributed by atoms with E-state index in [9.17, 15) is 14.7 Å². The summed E-state index contributed by atoms with van der Waals surface area (Å²) in [6, 6.07) is 0. The minimum atomic E-state index is -0.488. The first-order valence-electron chi connectivity index (χ1n) is 17.6. The van der Waals surface area contributed by atoms with Crippen molar-refractivity contribution in [1.29, 1.82) is 0 Å². The van der Waals surface area contributed by atoms with E-state index in [0.717, 1.165) is 25.7 Å². The first kappa shape index (κ1) is 43.3. The lowest BCUT2D eigenvalue weighted by atomic mass is 10.1. The second-order valence-electron chi connectivity index (χ2n) is 12.9. The van der Waals surface area contributed by atoms with Gasteiger partial charge in [-0.1, -0.05) is 142 Å². The number of aliphatic hydroxyl groups is 1. The van der Waals surface area contributed by atoms with Gasteiger partial charge in [-0.3, -0.25) is 9.59 Å². The number of hydrogen-bond acceptors (Lipinski definition) is 5. The Morgan fingerprint density at radius 1 is 0.595 bits per heavy atom. The fourth-order valence-corrected chi connectivity index (χ4v) is 5.41. The Morgan fingerprint density at radius 3 is 1.33 bits per heavy atom. The molecule has 1 N–H and O–H groups in total. The van der Waals surface area contributed by atoms with Crippen LogP contribution in [-0.4, -0.2) is 68.0 Å². The van der Waals surface area contributed by atoms with Crippen LogP contribution in [0.25, 0.3) is 0 Å². The molecule has 0 aliphatic carbocycles. The molecule has 0 aliphatic heterocycles. The Morgan fingerprint density at radius 2 is 0.952 bits per heavy atom. The van der Waals surface area contributed by atoms with Crippen LogP contribution in [-0.2, 0) is 19.1 Å². The largest absolute Gasteiger partial charge is 1.00 e. The van der Waals surface area contributed by atoms with Crippen LogP contribution >= 0.6 is 0 Å². The summed E-state index contributed by atoms with van der Waals surface area (Å²) >= 11 is 0. The summed E-state index contributed by atoms with van der Waals surface area (Å²) in [5.41, 5.74) is 0. The predicted molar refractivity (Wildman–Crippen MR) is 172 cm³/mol. The zero-order valence-electron chi connectivity index (χ0n) is 28.3. The minimum Gasteiger partial charge on any atom is -1.00 e. The van der Waals surface area contributed by atoms with Gasteiger partial charge in [-0.15, -0.1) is 0 Å². The van der Waals surface area contributed by atoms with Crippen molar-refractivity contribution < 1.29 is 41.1 Å². The Labute approximate surface area is 267 Å². The first-order chi connectivity index (χ1) is 19.8. The van der Waals surface area contributed by atoms with E-state index in [4.69, 9.17) is 9.47 Å². The van der Waals surface area contributed by atoms with E-state index in [0.29, 0.717) is 30.4 Å². The van der Waals surface area contributed by atoms with Crippen molar-refractivity contribution in [2.24, 2.45) is 0 Å². The summed E-state index contributed by atoms with van der Waals surface area (Å²) in [6.45, 7) is 5.72. The molecular weight excluding hydrogens is 550 g/mol. The number of aliphatic hydroxyl groups excluding tert-OH is 1. The lowest BCUT2D eigenvalue weighted by Crippen LogP contribution is -3.00. The monoisotopic (exact) mass is 619 g/mol. The van der Waals surface area contributed by atoms with E-state index in [1.807, 2.05) is 14.1 Å². The molecule has 0 aromatic carbocycles. The zero-order chi connectivity index (χ0) is 30.4. The van der Waals surface area contributed by atoms with Crippen molar-refractivity contribution in [2.75, 3.05) is 40.4 Å². The molecule has 42 heavy (non-hydrogen) atoms. The van der Waals surface area contributed by atoms with Crippen LogP contribution in [0.5, 0.6) is 0 Å². The lowest BCUT2D eigenvalue weighted by Gasteiger charge is -2.32. The lowest BCUT2D eigenvalue weighted by molar-refractivity contribution is -0.893. The average molecular weight is 620 g/mol. The normalized spacial score (nSPS) is 12.1. The van der Waals surface area contributed by atoms with Crippen LogP contribution < -0.4 is 12.4 Å². The van der Waals surface area contributed by atoms with Crippen molar-refractivity contribution in [3.8, 4) is 0 Å². The zero-order valence-corrected chi connectivity index (χ0v) is 29.0. The van der Waals surface area contributed by atoms with Crippen LogP contribution in [0.1, 0.15) is 168 Å². The number of unbranched alkanes of at least 4 members (excludes halogenated alkanes) is 20. The molecule has 0 fully saturated rings. The number of rotatable bonds is 31. The van der Waals surface area contributed by atoms with Crippen LogP contribution in [0.2, 0.25) is 0 Å². The molecule has 0 aromatic rings. The third-order valence-corrected chi connectivity index (χ3v) is 8.10. The smallest absolute Gasteiger partial charge is 0.306 e. The molecule has 0 heterocycles. The summed E-state index contributed by atoms with van der Waals surface area (Å²) in [4.78, 5) is 24.9. The van der Waals surface area contributed by atoms with Gasteiger partial charge in [0, 0.05) is 12.8 Å². The fraction of sp³-hybridized carbons (Fsp3) is 0.943. The second-order valence-corrected chi connectivity index (χ2v) is 12.9. The van der Waals surface area contributed by atoms with E-state index in [1.165, 1.54) is 116 Å². The highest BCUT2D eigenvalue weighted by Gasteiger charge is 2.26. The van der Waals surface area contributed by atoms with Gasteiger partial charge in [0.1, 0.15) is 19.7 Å². The van der Waals surface area contributed by atoms with Crippen molar-refractivity contribution in [2.45, 2.75) is 174 Å². The molecule has 252 valence electrons. The van der Waals surface area contributed by atoms with Crippen molar-refractivity contribution in [1.82, 2.24) is 0 Å². The first-order valence-corrected chi connectivity index (χ1v) is 17.6. The SMILES string of the molecule is CCCCCCCCCCCCCC(=O)OCC(C[N+](C)(C)CCO)OC(=O)CCCCCCCCCCCCC.[Cl-]. The number of likely N-dealkylation sites (N-methyl/N-ethyl adjacent to an activating group) is 1. The van der Waals surface area contributed by atoms with E-state index in [1.54, 1.807) is 0 Å². The van der Waals surface area contributed by atoms with E-state index >= 15 is 0 Å². The quantitative estimate of drug-likeness (QED) is 0.0593. The number of hydrogen-bond donors (Lipinski definition) is 1. The number of ether oxygens (including phenoxy) is 2. The molecule has 1 atom stereocenters. The summed E-state index contributed by atoms with van der Waals surface area (Å²) in [6.07, 6.45) is 27.7. The summed E-state index contributed by atoms with van der Waals surface area (Å²) < 4.78 is 11.8. The van der Waals surface area contributed by atoms with E-state index in [-0.39, 0.29) is 37.6 Å². The number of carbonyl (C=O) groups is 2. The molecule has 0 saturated carbocycles. The minimum absolute atomic E-state index is 0. The molecule has 0 rings (SSSR count). The van der Waals surface area contributed by atoms with E-state index < -0.39 is 6.10 Å². The van der Waals surface area contributed by atoms with Crippen LogP contribution in [0.3, 0.4) is 0 Å². The maximum atomic E-state index is 12.6. The number of esters is 2. The Kier molecular flexibility index (Phi) is 32.5. The van der Waals surface area contributed by atoms with Crippen LogP contribution in [0.4, 0.5) is 0 Å². The molecule has 0 radical (unpaired) electrons. The molecule has 1 unspecified atom stereocenters. The number of nitrogens with zero attached hydrogens (tertiary/aromatic N) is 1. The fourth-order valence-electron chi connectivity index (χ4n) is 5.41. The molecule has 6 nitrogen and oxygen atoms in total. The van der Waals surface area contributed by atoms with Gasteiger partial charge in [0.25, 0.3) is 0 Å². The van der Waals surface area contributed by atoms with Gasteiger partial charge in [-0.05, 0) is 12.8 Å².